The summed E-state index contributed by atoms with van der Waals surface area (Å²) in [4.78, 5) is 9.50. The monoisotopic (exact) mass is 1760 g/mol. The first-order chi connectivity index (χ1) is 64.4. The predicted molar refractivity (Wildman–Crippen MR) is 571 cm³/mol. The summed E-state index contributed by atoms with van der Waals surface area (Å²) in [6, 6.07) is 169. The number of benzene rings is 20. The number of thiophene rings is 6. The Bertz CT molecular complexity index is 8050. The molecule has 130 heavy (non-hydrogen) atoms. The number of nitrogens with zero attached hydrogens (tertiary/aromatic N) is 4. The standard InChI is InChI=1S/C60H36N2S4.C60H40N2S2/c1-5-13-53-45(9-1)49-29-25-41(33-57(49)63-53)61(42-26-30-50-46-10-2-6-14-54(46)64-58(50)34-42)39-21-17-37(18-22-39)38-19-23-40(24-20-38)62(43-27-31-51-47-11-3-7-15-55(47)65-59(51)35-43)44-28-32-52-48-12-4-8-16-56(48)66-60(52)36-44;1-3-13-45(14-4-1)61(49-37-29-43(30-38-49)51-19-11-21-55-53-17-7-9-23-57(53)63-59(51)55)47-33-25-41(26-34-47)42-27-35-48(36-28-42)62(46-15-5-2-6-16-46)50-39-31-44(32-40-50)52-20-12-22-56-54-18-8-10-24-58(54)64-60(52)56/h1-36H;1-40H. The molecule has 0 aliphatic heterocycles. The van der Waals surface area contributed by atoms with Crippen molar-refractivity contribution in [2.24, 2.45) is 0 Å². The van der Waals surface area contributed by atoms with Crippen molar-refractivity contribution >= 4 is 257 Å². The Balaban J connectivity index is 0.000000140. The molecule has 0 aliphatic rings. The third kappa shape index (κ3) is 13.9. The number of para-hydroxylation sites is 2. The van der Waals surface area contributed by atoms with E-state index in [4.69, 9.17) is 0 Å². The van der Waals surface area contributed by atoms with Crippen molar-refractivity contribution in [1.29, 1.82) is 0 Å². The van der Waals surface area contributed by atoms with Crippen molar-refractivity contribution in [1.82, 2.24) is 0 Å². The van der Waals surface area contributed by atoms with Gasteiger partial charge in [-0.3, -0.25) is 0 Å². The van der Waals surface area contributed by atoms with Gasteiger partial charge < -0.3 is 19.6 Å². The average molecular weight is 1770 g/mol. The summed E-state index contributed by atoms with van der Waals surface area (Å²) in [7, 11) is 0. The molecule has 0 saturated heterocycles. The summed E-state index contributed by atoms with van der Waals surface area (Å²) in [5.74, 6) is 0. The van der Waals surface area contributed by atoms with Gasteiger partial charge in [0.25, 0.3) is 0 Å². The van der Waals surface area contributed by atoms with Crippen molar-refractivity contribution < 1.29 is 0 Å². The zero-order valence-electron chi connectivity index (χ0n) is 70.1. The van der Waals surface area contributed by atoms with Crippen LogP contribution in [0.1, 0.15) is 0 Å². The molecule has 6 heterocycles. The lowest BCUT2D eigenvalue weighted by atomic mass is 10.0. The zero-order valence-corrected chi connectivity index (χ0v) is 75.0. The molecular weight excluding hydrogens is 1690 g/mol. The fourth-order valence-electron chi connectivity index (χ4n) is 19.1. The van der Waals surface area contributed by atoms with E-state index < -0.39 is 0 Å². The minimum absolute atomic E-state index is 1.10. The fraction of sp³-hybridized carbons (Fsp3) is 0. The highest BCUT2D eigenvalue weighted by atomic mass is 32.1. The molecule has 0 saturated carbocycles. The van der Waals surface area contributed by atoms with Gasteiger partial charge in [0.2, 0.25) is 0 Å². The number of anilines is 12. The molecule has 6 aromatic heterocycles. The first-order valence-corrected chi connectivity index (χ1v) is 48.7. The minimum Gasteiger partial charge on any atom is -0.311 e. The van der Waals surface area contributed by atoms with Crippen molar-refractivity contribution in [3.05, 3.63) is 461 Å². The fourth-order valence-corrected chi connectivity index (χ4v) is 26.1. The normalized spacial score (nSPS) is 11.7. The Morgan fingerprint density at radius 3 is 0.562 bits per heavy atom. The number of hydrogen-bond donors (Lipinski definition) is 0. The molecule has 0 spiro atoms. The molecule has 0 atom stereocenters. The lowest BCUT2D eigenvalue weighted by Gasteiger charge is -2.26. The summed E-state index contributed by atoms with van der Waals surface area (Å²) >= 11 is 11.2. The number of fused-ring (bicyclic) bond motifs is 18. The summed E-state index contributed by atoms with van der Waals surface area (Å²) in [6.07, 6.45) is 0. The van der Waals surface area contributed by atoms with E-state index >= 15 is 0 Å². The Labute approximate surface area is 775 Å². The quantitative estimate of drug-likeness (QED) is 0.0956. The van der Waals surface area contributed by atoms with Crippen LogP contribution in [0.15, 0.2) is 461 Å². The molecule has 0 bridgehead atoms. The second-order valence-corrected chi connectivity index (χ2v) is 39.4. The third-order valence-electron chi connectivity index (χ3n) is 25.4. The maximum absolute atomic E-state index is 2.42. The molecule has 0 amide bonds. The van der Waals surface area contributed by atoms with E-state index in [0.29, 0.717) is 0 Å². The van der Waals surface area contributed by atoms with Crippen LogP contribution in [0.5, 0.6) is 0 Å². The Morgan fingerprint density at radius 2 is 0.300 bits per heavy atom. The van der Waals surface area contributed by atoms with E-state index in [-0.39, 0.29) is 0 Å². The van der Waals surface area contributed by atoms with E-state index in [9.17, 15) is 0 Å². The molecule has 26 aromatic rings. The molecule has 4 nitrogen and oxygen atoms in total. The van der Waals surface area contributed by atoms with Gasteiger partial charge in [-0.2, -0.15) is 0 Å². The van der Waals surface area contributed by atoms with Crippen LogP contribution in [0.25, 0.3) is 166 Å². The van der Waals surface area contributed by atoms with Crippen LogP contribution in [0.3, 0.4) is 0 Å². The van der Waals surface area contributed by atoms with Gasteiger partial charge in [0.15, 0.2) is 0 Å². The van der Waals surface area contributed by atoms with Gasteiger partial charge in [-0.15, -0.1) is 68.0 Å². The maximum atomic E-state index is 2.42. The topological polar surface area (TPSA) is 13.0 Å². The number of rotatable bonds is 16. The van der Waals surface area contributed by atoms with E-state index in [1.165, 1.54) is 166 Å². The molecule has 0 radical (unpaired) electrons. The van der Waals surface area contributed by atoms with E-state index in [1.54, 1.807) is 0 Å². The molecule has 10 heteroatoms. The van der Waals surface area contributed by atoms with E-state index in [0.717, 1.165) is 68.2 Å². The first-order valence-electron chi connectivity index (χ1n) is 43.8. The second kappa shape index (κ2) is 32.7. The van der Waals surface area contributed by atoms with Crippen LogP contribution in [0.2, 0.25) is 0 Å². The molecule has 0 unspecified atom stereocenters. The zero-order chi connectivity index (χ0) is 85.7. The van der Waals surface area contributed by atoms with Crippen LogP contribution < -0.4 is 19.6 Å². The second-order valence-electron chi connectivity index (χ2n) is 33.0. The van der Waals surface area contributed by atoms with Crippen molar-refractivity contribution in [3.8, 4) is 44.5 Å². The lowest BCUT2D eigenvalue weighted by molar-refractivity contribution is 1.28. The van der Waals surface area contributed by atoms with Crippen molar-refractivity contribution in [2.75, 3.05) is 19.6 Å². The van der Waals surface area contributed by atoms with Crippen LogP contribution in [-0.4, -0.2) is 0 Å². The minimum atomic E-state index is 1.10. The largest absolute Gasteiger partial charge is 0.311 e. The van der Waals surface area contributed by atoms with Crippen molar-refractivity contribution in [3.63, 3.8) is 0 Å². The Kier molecular flexibility index (Phi) is 19.4. The van der Waals surface area contributed by atoms with Gasteiger partial charge in [0.05, 0.1) is 0 Å². The van der Waals surface area contributed by atoms with Gasteiger partial charge in [-0.25, -0.2) is 0 Å². The molecular formula is C120H76N4S6. The molecule has 612 valence electrons. The van der Waals surface area contributed by atoms with Crippen molar-refractivity contribution in [2.45, 2.75) is 0 Å². The summed E-state index contributed by atoms with van der Waals surface area (Å²) in [5.41, 5.74) is 23.2. The first kappa shape index (κ1) is 77.3. The molecule has 0 fully saturated rings. The van der Waals surface area contributed by atoms with Crippen LogP contribution >= 0.6 is 68.0 Å². The van der Waals surface area contributed by atoms with Gasteiger partial charge in [-0.1, -0.05) is 279 Å². The summed E-state index contributed by atoms with van der Waals surface area (Å²) < 4.78 is 15.7. The van der Waals surface area contributed by atoms with E-state index in [2.05, 4.69) is 481 Å². The van der Waals surface area contributed by atoms with Crippen LogP contribution in [0, 0.1) is 0 Å². The van der Waals surface area contributed by atoms with Gasteiger partial charge in [0, 0.05) is 189 Å². The van der Waals surface area contributed by atoms with Crippen LogP contribution in [0.4, 0.5) is 68.2 Å². The summed E-state index contributed by atoms with van der Waals surface area (Å²) in [6.45, 7) is 0. The van der Waals surface area contributed by atoms with Gasteiger partial charge >= 0.3 is 0 Å². The molecule has 0 aliphatic carbocycles. The van der Waals surface area contributed by atoms with Gasteiger partial charge in [-0.05, 0) is 226 Å². The Morgan fingerprint density at radius 1 is 0.115 bits per heavy atom. The SMILES string of the molecule is c1ccc(N(c2ccc(-c3ccc(N(c4ccccc4)c4ccc(-c5cccc6c5sc5ccccc56)cc4)cc3)cc2)c2ccc(-c3cccc4c3sc3ccccc34)cc2)cc1.c1ccc2c(c1)sc1cc(N(c3ccc(-c4ccc(N(c5ccc6c(c5)sc5ccccc56)c5ccc6c(c5)sc5ccccc56)cc4)cc3)c3ccc4c(c3)sc3ccccc34)ccc12. The molecule has 20 aromatic carbocycles. The molecule has 26 rings (SSSR count). The Hall–Kier alpha value is -15.1. The predicted octanol–water partition coefficient (Wildman–Crippen LogP) is 38.1. The highest BCUT2D eigenvalue weighted by Crippen LogP contribution is 2.50. The smallest absolute Gasteiger partial charge is 0.0476 e. The van der Waals surface area contributed by atoms with Gasteiger partial charge in [0.1, 0.15) is 0 Å². The van der Waals surface area contributed by atoms with E-state index in [1.807, 2.05) is 68.0 Å². The summed E-state index contributed by atoms with van der Waals surface area (Å²) in [5, 5.41) is 15.8. The highest BCUT2D eigenvalue weighted by Gasteiger charge is 2.24. The average Bonchev–Trinajstić information content (AvgIpc) is 1.62. The van der Waals surface area contributed by atoms with Crippen LogP contribution in [-0.2, 0) is 0 Å². The highest BCUT2D eigenvalue weighted by molar-refractivity contribution is 7.28. The third-order valence-corrected chi connectivity index (χ3v) is 32.3. The number of hydrogen-bond acceptors (Lipinski definition) is 10. The maximum Gasteiger partial charge on any atom is 0.0476 e. The lowest BCUT2D eigenvalue weighted by Crippen LogP contribution is -2.10. The molecule has 0 N–H and O–H groups in total.